The Bertz CT molecular complexity index is 492. The van der Waals surface area contributed by atoms with Crippen LogP contribution in [0.1, 0.15) is 109 Å². The number of piperazine rings is 1. The fourth-order valence-electron chi connectivity index (χ4n) is 4.97. The minimum atomic E-state index is 0.204. The third-order valence-corrected chi connectivity index (χ3v) is 6.69. The average molecular weight is 528 g/mol. The Balaban J connectivity index is -0.000000819. The lowest BCUT2D eigenvalue weighted by molar-refractivity contribution is -0.110. The van der Waals surface area contributed by atoms with Crippen LogP contribution in [0.15, 0.2) is 13.2 Å². The Morgan fingerprint density at radius 3 is 1.76 bits per heavy atom. The van der Waals surface area contributed by atoms with Gasteiger partial charge < -0.3 is 14.8 Å². The van der Waals surface area contributed by atoms with Gasteiger partial charge >= 0.3 is 0 Å². The fourth-order valence-corrected chi connectivity index (χ4v) is 4.97. The van der Waals surface area contributed by atoms with Crippen molar-refractivity contribution >= 4 is 6.29 Å². The molecule has 2 saturated heterocycles. The third-order valence-electron chi connectivity index (χ3n) is 6.69. The van der Waals surface area contributed by atoms with Crippen LogP contribution in [-0.4, -0.2) is 80.1 Å². The second kappa shape index (κ2) is 24.3. The van der Waals surface area contributed by atoms with Crippen molar-refractivity contribution in [3.8, 4) is 0 Å². The quantitative estimate of drug-likeness (QED) is 0.252. The highest BCUT2D eigenvalue weighted by Crippen LogP contribution is 2.41. The molecular formula is C32H69N3O2. The first-order valence-electron chi connectivity index (χ1n) is 15.1. The van der Waals surface area contributed by atoms with Gasteiger partial charge in [-0.05, 0) is 71.4 Å². The zero-order valence-electron chi connectivity index (χ0n) is 27.4. The largest absolute Gasteiger partial charge is 0.377 e. The molecule has 0 aliphatic carbocycles. The molecule has 0 aromatic rings. The van der Waals surface area contributed by atoms with Crippen molar-refractivity contribution in [1.29, 1.82) is 0 Å². The number of hydrogen-bond acceptors (Lipinski definition) is 5. The molecule has 224 valence electrons. The van der Waals surface area contributed by atoms with Crippen LogP contribution in [-0.2, 0) is 9.53 Å². The van der Waals surface area contributed by atoms with Crippen molar-refractivity contribution in [2.45, 2.75) is 120 Å². The molecule has 0 bridgehead atoms. The van der Waals surface area contributed by atoms with Crippen molar-refractivity contribution < 1.29 is 9.53 Å². The second-order valence-electron chi connectivity index (χ2n) is 11.8. The van der Waals surface area contributed by atoms with E-state index in [9.17, 15) is 4.79 Å². The van der Waals surface area contributed by atoms with Crippen LogP contribution >= 0.6 is 0 Å². The molecule has 2 aliphatic rings. The number of ether oxygens (including phenoxy) is 1. The van der Waals surface area contributed by atoms with Gasteiger partial charge in [-0.2, -0.15) is 0 Å². The van der Waals surface area contributed by atoms with Gasteiger partial charge in [0.2, 0.25) is 0 Å². The molecule has 37 heavy (non-hydrogen) atoms. The van der Waals surface area contributed by atoms with Gasteiger partial charge in [-0.15, -0.1) is 13.2 Å². The molecule has 2 aliphatic heterocycles. The zero-order chi connectivity index (χ0) is 29.5. The van der Waals surface area contributed by atoms with Crippen LogP contribution < -0.4 is 5.32 Å². The minimum absolute atomic E-state index is 0.204. The van der Waals surface area contributed by atoms with E-state index in [1.54, 1.807) is 0 Å². The molecule has 0 aromatic carbocycles. The second-order valence-corrected chi connectivity index (χ2v) is 11.8. The summed E-state index contributed by atoms with van der Waals surface area (Å²) in [6.07, 6.45) is 6.48. The number of rotatable bonds is 9. The molecule has 1 N–H and O–H groups in total. The molecule has 0 amide bonds. The van der Waals surface area contributed by atoms with E-state index in [0.717, 1.165) is 25.4 Å². The first-order chi connectivity index (χ1) is 17.4. The third kappa shape index (κ3) is 20.8. The molecule has 0 saturated carbocycles. The van der Waals surface area contributed by atoms with Gasteiger partial charge in [-0.3, -0.25) is 9.80 Å². The van der Waals surface area contributed by atoms with Gasteiger partial charge in [0.1, 0.15) is 6.29 Å². The topological polar surface area (TPSA) is 44.8 Å². The van der Waals surface area contributed by atoms with Gasteiger partial charge in [0.25, 0.3) is 0 Å². The maximum absolute atomic E-state index is 9.50. The Morgan fingerprint density at radius 1 is 0.946 bits per heavy atom. The lowest BCUT2D eigenvalue weighted by Crippen LogP contribution is -2.56. The predicted molar refractivity (Wildman–Crippen MR) is 167 cm³/mol. The highest BCUT2D eigenvalue weighted by Gasteiger charge is 2.39. The monoisotopic (exact) mass is 528 g/mol. The number of nitrogens with one attached hydrogen (secondary N) is 1. The van der Waals surface area contributed by atoms with Crippen LogP contribution in [0.25, 0.3) is 0 Å². The molecule has 0 spiro atoms. The number of piperidine rings is 1. The van der Waals surface area contributed by atoms with E-state index in [4.69, 9.17) is 4.74 Å². The van der Waals surface area contributed by atoms with Gasteiger partial charge in [-0.1, -0.05) is 61.8 Å². The number of hydrogen-bond donors (Lipinski definition) is 1. The summed E-state index contributed by atoms with van der Waals surface area (Å²) in [6.45, 7) is 41.2. The molecule has 0 atom stereocenters. The van der Waals surface area contributed by atoms with Crippen LogP contribution in [0.5, 0.6) is 0 Å². The first-order valence-corrected chi connectivity index (χ1v) is 15.1. The number of nitrogens with zero attached hydrogens (tertiary/aromatic N) is 2. The summed E-state index contributed by atoms with van der Waals surface area (Å²) in [5, 5.41) is 3.52. The van der Waals surface area contributed by atoms with Crippen molar-refractivity contribution in [3.05, 3.63) is 13.2 Å². The van der Waals surface area contributed by atoms with Crippen molar-refractivity contribution in [1.82, 2.24) is 15.1 Å². The smallest absolute Gasteiger partial charge is 0.122 e. The predicted octanol–water partition coefficient (Wildman–Crippen LogP) is 7.31. The van der Waals surface area contributed by atoms with E-state index in [1.807, 2.05) is 27.7 Å². The van der Waals surface area contributed by atoms with E-state index < -0.39 is 0 Å². The fraction of sp³-hybridized carbons (Fsp3) is 0.906. The summed E-state index contributed by atoms with van der Waals surface area (Å²) in [4.78, 5) is 14.8. The van der Waals surface area contributed by atoms with E-state index in [0.29, 0.717) is 11.5 Å². The van der Waals surface area contributed by atoms with E-state index >= 15 is 0 Å². The first kappa shape index (κ1) is 40.7. The maximum atomic E-state index is 9.50. The van der Waals surface area contributed by atoms with Crippen LogP contribution in [0.2, 0.25) is 0 Å². The van der Waals surface area contributed by atoms with E-state index in [1.165, 1.54) is 65.0 Å². The molecular weight excluding hydrogens is 458 g/mol. The Hall–Kier alpha value is -0.750. The van der Waals surface area contributed by atoms with E-state index in [-0.39, 0.29) is 11.5 Å². The molecule has 0 unspecified atom stereocenters. The number of carbonyl (C=O) groups is 1. The van der Waals surface area contributed by atoms with Crippen LogP contribution in [0.3, 0.4) is 0 Å². The minimum Gasteiger partial charge on any atom is -0.377 e. The van der Waals surface area contributed by atoms with Crippen LogP contribution in [0, 0.1) is 17.3 Å². The number of carbonyl (C=O) groups excluding carboxylic acids is 1. The SMILES string of the molecule is C=C.CC.CC(C)C=O.CC(C)OCCN1CCN(C(C)(C)CC(C)(C)C2CCNCC2)CC1.CCC. The molecule has 5 nitrogen and oxygen atoms in total. The lowest BCUT2D eigenvalue weighted by Gasteiger charge is -2.49. The van der Waals surface area contributed by atoms with E-state index in [2.05, 4.69) is 83.7 Å². The molecule has 0 aromatic heterocycles. The van der Waals surface area contributed by atoms with Gasteiger partial charge in [0, 0.05) is 44.2 Å². The summed E-state index contributed by atoms with van der Waals surface area (Å²) in [5.74, 6) is 1.07. The normalized spacial score (nSPS) is 17.2. The molecule has 0 radical (unpaired) electrons. The molecule has 2 heterocycles. The Labute approximate surface area is 234 Å². The molecule has 2 fully saturated rings. The average Bonchev–Trinajstić information content (AvgIpc) is 2.87. The number of aldehydes is 1. The maximum Gasteiger partial charge on any atom is 0.122 e. The Kier molecular flexibility index (Phi) is 26.8. The highest BCUT2D eigenvalue weighted by molar-refractivity contribution is 5.51. The summed E-state index contributed by atoms with van der Waals surface area (Å²) in [6, 6.07) is 0. The summed E-state index contributed by atoms with van der Waals surface area (Å²) >= 11 is 0. The summed E-state index contributed by atoms with van der Waals surface area (Å²) in [5.41, 5.74) is 0.711. The standard InChI is InChI=1S/C21H43N3O.C4H8O.C3H8.C2H6.C2H4/c1-18(2)25-16-15-23-11-13-24(14-12-23)21(5,6)17-20(3,4)19-7-9-22-10-8-19;1-4(2)3-5;1-3-2;2*1-2/h18-19,22H,7-17H2,1-6H3;3-4H,1-2H3;3H2,1-2H3;1-2H3;1-2H2. The van der Waals surface area contributed by atoms with Gasteiger partial charge in [-0.25, -0.2) is 0 Å². The highest BCUT2D eigenvalue weighted by atomic mass is 16.5. The molecule has 2 rings (SSSR count). The summed E-state index contributed by atoms with van der Waals surface area (Å²) in [7, 11) is 0. The van der Waals surface area contributed by atoms with Gasteiger partial charge in [0.05, 0.1) is 12.7 Å². The van der Waals surface area contributed by atoms with Crippen molar-refractivity contribution in [2.24, 2.45) is 17.3 Å². The zero-order valence-corrected chi connectivity index (χ0v) is 27.4. The van der Waals surface area contributed by atoms with Gasteiger partial charge in [0.15, 0.2) is 0 Å². The van der Waals surface area contributed by atoms with Crippen LogP contribution in [0.4, 0.5) is 0 Å². The molecule has 5 heteroatoms. The lowest BCUT2D eigenvalue weighted by atomic mass is 9.67. The van der Waals surface area contributed by atoms with Crippen molar-refractivity contribution in [3.63, 3.8) is 0 Å². The summed E-state index contributed by atoms with van der Waals surface area (Å²) < 4.78 is 5.71. The Morgan fingerprint density at radius 2 is 1.38 bits per heavy atom. The van der Waals surface area contributed by atoms with Crippen molar-refractivity contribution in [2.75, 3.05) is 52.4 Å².